The Morgan fingerprint density at radius 3 is 2.33 bits per heavy atom. The molecule has 4 heteroatoms. The molecule has 0 bridgehead atoms. The van der Waals surface area contributed by atoms with Crippen molar-refractivity contribution in [2.24, 2.45) is 0 Å². The van der Waals surface area contributed by atoms with Gasteiger partial charge in [-0.05, 0) is 49.9 Å². The van der Waals surface area contributed by atoms with E-state index in [9.17, 15) is 9.59 Å². The Kier molecular flexibility index (Phi) is 5.94. The highest BCUT2D eigenvalue weighted by Crippen LogP contribution is 2.26. The fourth-order valence-corrected chi connectivity index (χ4v) is 2.71. The maximum absolute atomic E-state index is 12.4. The largest absolute Gasteiger partial charge is 0.456 e. The van der Waals surface area contributed by atoms with Crippen LogP contribution in [0.2, 0.25) is 0 Å². The predicted molar refractivity (Wildman–Crippen MR) is 99.5 cm³/mol. The zero-order valence-electron chi connectivity index (χ0n) is 14.1. The van der Waals surface area contributed by atoms with Gasteiger partial charge in [0.25, 0.3) is 0 Å². The molecule has 0 amide bonds. The van der Waals surface area contributed by atoms with Crippen molar-refractivity contribution in [3.05, 3.63) is 59.7 Å². The van der Waals surface area contributed by atoms with Crippen LogP contribution in [0.25, 0.3) is 11.1 Å². The first-order valence-corrected chi connectivity index (χ1v) is 8.73. The smallest absolute Gasteiger partial charge is 0.339 e. The minimum Gasteiger partial charge on any atom is -0.456 e. The van der Waals surface area contributed by atoms with Crippen LogP contribution in [0, 0.1) is 0 Å². The number of esters is 1. The summed E-state index contributed by atoms with van der Waals surface area (Å²) >= 11 is 3.31. The number of hydrogen-bond acceptors (Lipinski definition) is 3. The van der Waals surface area contributed by atoms with Crippen LogP contribution in [-0.2, 0) is 16.0 Å². The lowest BCUT2D eigenvalue weighted by Gasteiger charge is -2.20. The van der Waals surface area contributed by atoms with Crippen molar-refractivity contribution in [2.45, 2.75) is 37.6 Å². The van der Waals surface area contributed by atoms with Gasteiger partial charge < -0.3 is 9.53 Å². The van der Waals surface area contributed by atoms with Gasteiger partial charge in [-0.15, -0.1) is 0 Å². The second-order valence-corrected chi connectivity index (χ2v) is 7.78. The molecular weight excluding hydrogens is 368 g/mol. The average molecular weight is 389 g/mol. The third-order valence-corrected chi connectivity index (χ3v) is 3.93. The Hall–Kier alpha value is -1.94. The van der Waals surface area contributed by atoms with E-state index in [1.165, 1.54) is 0 Å². The van der Waals surface area contributed by atoms with Gasteiger partial charge in [0.1, 0.15) is 11.9 Å². The number of carbonyl (C=O) groups excluding carboxylic acids is 2. The molecule has 2 aromatic rings. The van der Waals surface area contributed by atoms with E-state index in [4.69, 9.17) is 4.74 Å². The van der Waals surface area contributed by atoms with Gasteiger partial charge in [-0.25, -0.2) is 4.79 Å². The highest BCUT2D eigenvalue weighted by molar-refractivity contribution is 9.09. The zero-order valence-corrected chi connectivity index (χ0v) is 15.7. The van der Waals surface area contributed by atoms with Crippen molar-refractivity contribution in [1.82, 2.24) is 0 Å². The first-order valence-electron chi connectivity index (χ1n) is 7.81. The topological polar surface area (TPSA) is 43.4 Å². The number of benzene rings is 2. The van der Waals surface area contributed by atoms with Crippen LogP contribution in [0.4, 0.5) is 0 Å². The highest BCUT2D eigenvalue weighted by atomic mass is 79.9. The Balaban J connectivity index is 2.29. The molecule has 0 saturated carbocycles. The zero-order chi connectivity index (χ0) is 17.7. The first-order chi connectivity index (χ1) is 11.3. The van der Waals surface area contributed by atoms with Gasteiger partial charge >= 0.3 is 5.97 Å². The molecule has 0 aliphatic heterocycles. The monoisotopic (exact) mass is 388 g/mol. The molecule has 0 N–H and O–H groups in total. The van der Waals surface area contributed by atoms with Crippen molar-refractivity contribution < 1.29 is 14.3 Å². The number of rotatable bonds is 5. The maximum atomic E-state index is 12.4. The molecule has 0 saturated heterocycles. The minimum absolute atomic E-state index is 0.183. The van der Waals surface area contributed by atoms with E-state index in [1.54, 1.807) is 6.07 Å². The lowest BCUT2D eigenvalue weighted by molar-refractivity contribution is -0.107. The van der Waals surface area contributed by atoms with Gasteiger partial charge in [0.05, 0.1) is 10.4 Å². The van der Waals surface area contributed by atoms with Crippen molar-refractivity contribution >= 4 is 28.2 Å². The predicted octanol–water partition coefficient (Wildman–Crippen LogP) is 4.81. The molecule has 0 spiro atoms. The van der Waals surface area contributed by atoms with E-state index in [-0.39, 0.29) is 10.8 Å². The van der Waals surface area contributed by atoms with E-state index in [0.717, 1.165) is 23.0 Å². The van der Waals surface area contributed by atoms with Gasteiger partial charge in [0, 0.05) is 0 Å². The first kappa shape index (κ1) is 18.4. The van der Waals surface area contributed by atoms with Crippen LogP contribution in [0.1, 0.15) is 36.7 Å². The number of alkyl halides is 1. The molecule has 0 fully saturated rings. The molecule has 24 heavy (non-hydrogen) atoms. The van der Waals surface area contributed by atoms with Gasteiger partial charge in [-0.1, -0.05) is 58.4 Å². The summed E-state index contributed by atoms with van der Waals surface area (Å²) in [7, 11) is 0. The molecule has 3 nitrogen and oxygen atoms in total. The minimum atomic E-state index is -0.534. The number of halogens is 1. The average Bonchev–Trinajstić information content (AvgIpc) is 2.54. The van der Waals surface area contributed by atoms with Gasteiger partial charge in [-0.2, -0.15) is 0 Å². The molecule has 1 atom stereocenters. The lowest BCUT2D eigenvalue weighted by atomic mass is 9.97. The van der Waals surface area contributed by atoms with Gasteiger partial charge in [0.15, 0.2) is 0 Å². The molecule has 1 unspecified atom stereocenters. The van der Waals surface area contributed by atoms with Crippen molar-refractivity contribution in [1.29, 1.82) is 0 Å². The maximum Gasteiger partial charge on any atom is 0.339 e. The summed E-state index contributed by atoms with van der Waals surface area (Å²) in [5, 5.41) is 0. The summed E-state index contributed by atoms with van der Waals surface area (Å²) in [6.45, 7) is 5.56. The Morgan fingerprint density at radius 1 is 1.12 bits per heavy atom. The Bertz CT molecular complexity index is 714. The van der Waals surface area contributed by atoms with Crippen molar-refractivity contribution in [3.63, 3.8) is 0 Å². The van der Waals surface area contributed by atoms with Crippen molar-refractivity contribution in [2.75, 3.05) is 0 Å². The molecule has 0 aliphatic rings. The number of aldehydes is 1. The van der Waals surface area contributed by atoms with Crippen LogP contribution in [-0.4, -0.2) is 22.7 Å². The van der Waals surface area contributed by atoms with E-state index < -0.39 is 5.60 Å². The van der Waals surface area contributed by atoms with Crippen LogP contribution in [0.15, 0.2) is 48.5 Å². The van der Waals surface area contributed by atoms with E-state index in [0.29, 0.717) is 12.0 Å². The second kappa shape index (κ2) is 7.75. The van der Waals surface area contributed by atoms with Crippen LogP contribution < -0.4 is 0 Å². The SMILES string of the molecule is CC(C)(C)OC(=O)c1ccccc1-c1ccc(CC(Br)C=O)cc1. The van der Waals surface area contributed by atoms with Crippen LogP contribution in [0.3, 0.4) is 0 Å². The third kappa shape index (κ3) is 5.03. The normalized spacial score (nSPS) is 12.5. The Morgan fingerprint density at radius 2 is 1.75 bits per heavy atom. The van der Waals surface area contributed by atoms with E-state index in [1.807, 2.05) is 63.2 Å². The summed E-state index contributed by atoms with van der Waals surface area (Å²) in [4.78, 5) is 23.0. The van der Waals surface area contributed by atoms with Crippen LogP contribution in [0.5, 0.6) is 0 Å². The van der Waals surface area contributed by atoms with E-state index >= 15 is 0 Å². The van der Waals surface area contributed by atoms with E-state index in [2.05, 4.69) is 15.9 Å². The number of carbonyl (C=O) groups is 2. The second-order valence-electron chi connectivity index (χ2n) is 6.60. The van der Waals surface area contributed by atoms with Gasteiger partial charge in [0.2, 0.25) is 0 Å². The third-order valence-electron chi connectivity index (χ3n) is 3.39. The summed E-state index contributed by atoms with van der Waals surface area (Å²) in [5.41, 5.74) is 2.85. The molecule has 2 aromatic carbocycles. The summed E-state index contributed by atoms with van der Waals surface area (Å²) in [6, 6.07) is 15.3. The molecule has 0 aromatic heterocycles. The van der Waals surface area contributed by atoms with Crippen molar-refractivity contribution in [3.8, 4) is 11.1 Å². The van der Waals surface area contributed by atoms with Crippen LogP contribution >= 0.6 is 15.9 Å². The molecular formula is C20H21BrO3. The highest BCUT2D eigenvalue weighted by Gasteiger charge is 2.20. The fraction of sp³-hybridized carbons (Fsp3) is 0.300. The fourth-order valence-electron chi connectivity index (χ4n) is 2.34. The molecule has 126 valence electrons. The standard InChI is InChI=1S/C20H21BrO3/c1-20(2,3)24-19(23)18-7-5-4-6-17(18)15-10-8-14(9-11-15)12-16(21)13-22/h4-11,13,16H,12H2,1-3H3. The molecule has 0 heterocycles. The Labute approximate surface area is 151 Å². The number of ether oxygens (including phenoxy) is 1. The summed E-state index contributed by atoms with van der Waals surface area (Å²) in [6.07, 6.45) is 1.52. The quantitative estimate of drug-likeness (QED) is 0.419. The molecule has 0 aliphatic carbocycles. The summed E-state index contributed by atoms with van der Waals surface area (Å²) < 4.78 is 5.49. The molecule has 2 rings (SSSR count). The summed E-state index contributed by atoms with van der Waals surface area (Å²) in [5.74, 6) is -0.330. The molecule has 0 radical (unpaired) electrons. The van der Waals surface area contributed by atoms with Gasteiger partial charge in [-0.3, -0.25) is 0 Å². The number of hydrogen-bond donors (Lipinski definition) is 0. The lowest BCUT2D eigenvalue weighted by Crippen LogP contribution is -2.24.